The minimum Gasteiger partial charge on any atom is -0.321 e. The van der Waals surface area contributed by atoms with E-state index in [1.54, 1.807) is 33.0 Å². The first kappa shape index (κ1) is 19.3. The Morgan fingerprint density at radius 3 is 2.36 bits per heavy atom. The maximum atomic E-state index is 12.2. The predicted octanol–water partition coefficient (Wildman–Crippen LogP) is 1.37. The molecule has 5 nitrogen and oxygen atoms in total. The van der Waals surface area contributed by atoms with Crippen LogP contribution < -0.4 is 14.7 Å². The molecule has 146 valence electrons. The number of piperazine rings is 1. The average Bonchev–Trinajstić information content (AvgIpc) is 3.37. The van der Waals surface area contributed by atoms with Crippen LogP contribution in [0.15, 0.2) is 53.2 Å². The summed E-state index contributed by atoms with van der Waals surface area (Å²) in [6.45, 7) is 8.42. The monoisotopic (exact) mass is 414 g/mol. The SMILES string of the molecule is CC(=O)N(c1ccccc1)c1nc(C[NH+]2CC[NH+](Cc3cccs3)CC2)cs1. The largest absolute Gasteiger partial charge is 0.321 e. The second-order valence-corrected chi connectivity index (χ2v) is 9.11. The van der Waals surface area contributed by atoms with Gasteiger partial charge in [0, 0.05) is 12.3 Å². The van der Waals surface area contributed by atoms with E-state index in [9.17, 15) is 4.79 Å². The highest BCUT2D eigenvalue weighted by molar-refractivity contribution is 7.14. The molecule has 1 fully saturated rings. The third-order valence-electron chi connectivity index (χ3n) is 5.16. The fourth-order valence-electron chi connectivity index (χ4n) is 3.71. The summed E-state index contributed by atoms with van der Waals surface area (Å²) in [7, 11) is 0. The van der Waals surface area contributed by atoms with Crippen LogP contribution in [0.4, 0.5) is 10.8 Å². The van der Waals surface area contributed by atoms with Gasteiger partial charge in [-0.2, -0.15) is 0 Å². The molecule has 2 aromatic heterocycles. The number of benzene rings is 1. The van der Waals surface area contributed by atoms with Crippen LogP contribution in [-0.2, 0) is 17.9 Å². The third-order valence-corrected chi connectivity index (χ3v) is 6.91. The van der Waals surface area contributed by atoms with E-state index in [1.165, 1.54) is 31.1 Å². The molecule has 0 aliphatic carbocycles. The van der Waals surface area contributed by atoms with Gasteiger partial charge in [-0.05, 0) is 23.6 Å². The van der Waals surface area contributed by atoms with E-state index in [-0.39, 0.29) is 5.91 Å². The van der Waals surface area contributed by atoms with Gasteiger partial charge in [-0.15, -0.1) is 22.7 Å². The number of hydrogen-bond donors (Lipinski definition) is 2. The van der Waals surface area contributed by atoms with Gasteiger partial charge in [0.2, 0.25) is 5.91 Å². The van der Waals surface area contributed by atoms with Crippen LogP contribution in [0.2, 0.25) is 0 Å². The number of hydrogen-bond acceptors (Lipinski definition) is 4. The van der Waals surface area contributed by atoms with Gasteiger partial charge < -0.3 is 9.80 Å². The molecule has 0 spiro atoms. The Morgan fingerprint density at radius 2 is 1.71 bits per heavy atom. The number of rotatable bonds is 6. The number of thiophene rings is 1. The highest BCUT2D eigenvalue weighted by atomic mass is 32.1. The number of carbonyl (C=O) groups excluding carboxylic acids is 1. The molecule has 4 rings (SSSR count). The zero-order valence-electron chi connectivity index (χ0n) is 16.1. The summed E-state index contributed by atoms with van der Waals surface area (Å²) in [6.07, 6.45) is 0. The van der Waals surface area contributed by atoms with Crippen molar-refractivity contribution in [2.45, 2.75) is 20.0 Å². The third kappa shape index (κ3) is 4.67. The lowest BCUT2D eigenvalue weighted by Crippen LogP contribution is -3.27. The topological polar surface area (TPSA) is 42.1 Å². The number of amides is 1. The summed E-state index contributed by atoms with van der Waals surface area (Å²) in [5.74, 6) is -0.00904. The smallest absolute Gasteiger partial charge is 0.230 e. The van der Waals surface area contributed by atoms with E-state index in [0.29, 0.717) is 0 Å². The number of anilines is 2. The molecule has 0 saturated carbocycles. The maximum Gasteiger partial charge on any atom is 0.230 e. The van der Waals surface area contributed by atoms with Crippen molar-refractivity contribution in [3.8, 4) is 0 Å². The second-order valence-electron chi connectivity index (χ2n) is 7.24. The van der Waals surface area contributed by atoms with Gasteiger partial charge in [-0.1, -0.05) is 24.3 Å². The van der Waals surface area contributed by atoms with Crippen molar-refractivity contribution >= 4 is 39.4 Å². The molecule has 0 unspecified atom stereocenters. The minimum atomic E-state index is -0.00904. The molecule has 1 aliphatic rings. The molecular formula is C21H26N4OS2+2. The van der Waals surface area contributed by atoms with Crippen LogP contribution in [0.1, 0.15) is 17.5 Å². The quantitative estimate of drug-likeness (QED) is 0.640. The highest BCUT2D eigenvalue weighted by Gasteiger charge is 2.25. The van der Waals surface area contributed by atoms with E-state index in [4.69, 9.17) is 4.98 Å². The number of thiazole rings is 1. The van der Waals surface area contributed by atoms with Crippen molar-refractivity contribution < 1.29 is 14.6 Å². The predicted molar refractivity (Wildman–Crippen MR) is 114 cm³/mol. The van der Waals surface area contributed by atoms with Gasteiger partial charge in [0.15, 0.2) is 5.13 Å². The van der Waals surface area contributed by atoms with Gasteiger partial charge in [0.1, 0.15) is 45.0 Å². The van der Waals surface area contributed by atoms with Crippen molar-refractivity contribution in [3.63, 3.8) is 0 Å². The molecule has 0 radical (unpaired) electrons. The molecule has 1 aromatic carbocycles. The Labute approximate surface area is 173 Å². The Balaban J connectivity index is 1.35. The molecule has 2 N–H and O–H groups in total. The first-order valence-electron chi connectivity index (χ1n) is 9.68. The number of carbonyl (C=O) groups is 1. The van der Waals surface area contributed by atoms with Gasteiger partial charge in [-0.25, -0.2) is 4.98 Å². The van der Waals surface area contributed by atoms with Crippen molar-refractivity contribution in [1.29, 1.82) is 0 Å². The average molecular weight is 415 g/mol. The number of para-hydroxylation sites is 1. The van der Waals surface area contributed by atoms with E-state index in [0.717, 1.165) is 29.6 Å². The molecule has 28 heavy (non-hydrogen) atoms. The minimum absolute atomic E-state index is 0.00904. The maximum absolute atomic E-state index is 12.2. The van der Waals surface area contributed by atoms with Crippen LogP contribution in [0.5, 0.6) is 0 Å². The number of nitrogens with one attached hydrogen (secondary N) is 2. The first-order valence-corrected chi connectivity index (χ1v) is 11.4. The van der Waals surface area contributed by atoms with Crippen LogP contribution >= 0.6 is 22.7 Å². The fraction of sp³-hybridized carbons (Fsp3) is 0.333. The zero-order chi connectivity index (χ0) is 19.3. The van der Waals surface area contributed by atoms with Crippen LogP contribution in [0, 0.1) is 0 Å². The summed E-state index contributed by atoms with van der Waals surface area (Å²) in [6, 6.07) is 14.1. The van der Waals surface area contributed by atoms with Crippen molar-refractivity contribution in [3.05, 3.63) is 63.8 Å². The number of quaternary nitrogens is 2. The Kier molecular flexibility index (Phi) is 6.17. The Hall–Kier alpha value is -2.06. The van der Waals surface area contributed by atoms with E-state index in [2.05, 4.69) is 22.9 Å². The molecule has 3 aromatic rings. The first-order chi connectivity index (χ1) is 13.7. The van der Waals surface area contributed by atoms with Gasteiger partial charge in [0.05, 0.1) is 10.6 Å². The van der Waals surface area contributed by atoms with Crippen LogP contribution in [0.25, 0.3) is 0 Å². The van der Waals surface area contributed by atoms with Gasteiger partial charge in [0.25, 0.3) is 0 Å². The van der Waals surface area contributed by atoms with E-state index in [1.807, 2.05) is 41.7 Å². The number of nitrogens with zero attached hydrogens (tertiary/aromatic N) is 2. The van der Waals surface area contributed by atoms with Crippen molar-refractivity contribution in [2.24, 2.45) is 0 Å². The van der Waals surface area contributed by atoms with Crippen molar-refractivity contribution in [2.75, 3.05) is 31.1 Å². The Morgan fingerprint density at radius 1 is 1.00 bits per heavy atom. The molecule has 1 saturated heterocycles. The fourth-order valence-corrected chi connectivity index (χ4v) is 5.37. The summed E-state index contributed by atoms with van der Waals surface area (Å²) in [4.78, 5) is 23.4. The standard InChI is InChI=1S/C21H24N4OS2/c1-17(26)25(19-6-3-2-4-7-19)21-22-18(16-28-21)14-23-9-11-24(12-10-23)15-20-8-5-13-27-20/h2-8,13,16H,9-12,14-15H2,1H3/p+2. The lowest BCUT2D eigenvalue weighted by atomic mass is 10.3. The number of aromatic nitrogens is 1. The van der Waals surface area contributed by atoms with Gasteiger partial charge >= 0.3 is 0 Å². The van der Waals surface area contributed by atoms with Gasteiger partial charge in [-0.3, -0.25) is 9.69 Å². The molecule has 7 heteroatoms. The lowest BCUT2D eigenvalue weighted by Gasteiger charge is -2.29. The molecule has 1 amide bonds. The van der Waals surface area contributed by atoms with Crippen LogP contribution in [-0.4, -0.2) is 37.1 Å². The van der Waals surface area contributed by atoms with Crippen LogP contribution in [0.3, 0.4) is 0 Å². The summed E-state index contributed by atoms with van der Waals surface area (Å²) in [5, 5.41) is 5.03. The second kappa shape index (κ2) is 8.96. The molecular weight excluding hydrogens is 388 g/mol. The summed E-state index contributed by atoms with van der Waals surface area (Å²) >= 11 is 3.41. The van der Waals surface area contributed by atoms with E-state index >= 15 is 0 Å². The molecule has 1 aliphatic heterocycles. The van der Waals surface area contributed by atoms with Crippen molar-refractivity contribution in [1.82, 2.24) is 4.98 Å². The lowest BCUT2D eigenvalue weighted by molar-refractivity contribution is -1.02. The Bertz CT molecular complexity index is 886. The zero-order valence-corrected chi connectivity index (χ0v) is 17.7. The molecule has 0 bridgehead atoms. The normalized spacial score (nSPS) is 19.5. The molecule has 0 atom stereocenters. The summed E-state index contributed by atoms with van der Waals surface area (Å²) < 4.78 is 0. The molecule has 3 heterocycles. The summed E-state index contributed by atoms with van der Waals surface area (Å²) in [5.41, 5.74) is 1.95. The highest BCUT2D eigenvalue weighted by Crippen LogP contribution is 2.28. The van der Waals surface area contributed by atoms with E-state index < -0.39 is 0 Å².